The van der Waals surface area contributed by atoms with Crippen molar-refractivity contribution in [3.63, 3.8) is 0 Å². The third kappa shape index (κ3) is 2.27. The maximum atomic E-state index is 11.7. The standard InChI is InChI=1S/C9H15N3O3/c1-2-3-11-6-7(10)8(14)12(4-5-13)9(11)15/h6,13H,2-5,10H2,1H3. The molecule has 1 heterocycles. The fourth-order valence-electron chi connectivity index (χ4n) is 1.37. The van der Waals surface area contributed by atoms with Crippen LogP contribution in [0.15, 0.2) is 15.8 Å². The Kier molecular flexibility index (Phi) is 3.68. The van der Waals surface area contributed by atoms with Gasteiger partial charge in [-0.3, -0.25) is 13.9 Å². The number of aliphatic hydroxyl groups excluding tert-OH is 1. The lowest BCUT2D eigenvalue weighted by Gasteiger charge is -2.09. The largest absolute Gasteiger partial charge is 0.395 e. The summed E-state index contributed by atoms with van der Waals surface area (Å²) in [5.41, 5.74) is 4.53. The van der Waals surface area contributed by atoms with E-state index in [1.54, 1.807) is 0 Å². The lowest BCUT2D eigenvalue weighted by Crippen LogP contribution is -2.41. The first-order valence-corrected chi connectivity index (χ1v) is 4.82. The lowest BCUT2D eigenvalue weighted by atomic mass is 10.4. The molecule has 1 aromatic rings. The third-order valence-corrected chi connectivity index (χ3v) is 2.05. The van der Waals surface area contributed by atoms with Crippen LogP contribution in [0.25, 0.3) is 0 Å². The van der Waals surface area contributed by atoms with E-state index in [-0.39, 0.29) is 18.8 Å². The van der Waals surface area contributed by atoms with Gasteiger partial charge in [-0.15, -0.1) is 0 Å². The first-order chi connectivity index (χ1) is 7.11. The van der Waals surface area contributed by atoms with Crippen LogP contribution in [0.3, 0.4) is 0 Å². The molecule has 0 fully saturated rings. The minimum atomic E-state index is -0.540. The van der Waals surface area contributed by atoms with Gasteiger partial charge in [0.05, 0.1) is 13.2 Å². The summed E-state index contributed by atoms with van der Waals surface area (Å²) in [4.78, 5) is 23.1. The predicted molar refractivity (Wildman–Crippen MR) is 56.8 cm³/mol. The highest BCUT2D eigenvalue weighted by Gasteiger charge is 2.07. The Morgan fingerprint density at radius 3 is 2.60 bits per heavy atom. The van der Waals surface area contributed by atoms with Gasteiger partial charge in [0.1, 0.15) is 5.69 Å². The van der Waals surface area contributed by atoms with Crippen molar-refractivity contribution in [2.75, 3.05) is 12.3 Å². The Bertz CT molecular complexity index is 447. The zero-order chi connectivity index (χ0) is 11.4. The highest BCUT2D eigenvalue weighted by molar-refractivity contribution is 5.30. The van der Waals surface area contributed by atoms with Crippen molar-refractivity contribution in [1.82, 2.24) is 9.13 Å². The highest BCUT2D eigenvalue weighted by atomic mass is 16.3. The summed E-state index contributed by atoms with van der Waals surface area (Å²) in [5, 5.41) is 8.73. The van der Waals surface area contributed by atoms with Gasteiger partial charge >= 0.3 is 5.69 Å². The molecule has 0 amide bonds. The monoisotopic (exact) mass is 213 g/mol. The maximum absolute atomic E-state index is 11.7. The first kappa shape index (κ1) is 11.5. The van der Waals surface area contributed by atoms with Gasteiger partial charge in [0, 0.05) is 12.7 Å². The number of aryl methyl sites for hydroxylation is 1. The number of rotatable bonds is 4. The molecule has 6 nitrogen and oxygen atoms in total. The second-order valence-corrected chi connectivity index (χ2v) is 3.24. The summed E-state index contributed by atoms with van der Waals surface area (Å²) in [6.07, 6.45) is 2.12. The molecule has 3 N–H and O–H groups in total. The van der Waals surface area contributed by atoms with Gasteiger partial charge in [-0.25, -0.2) is 4.79 Å². The lowest BCUT2D eigenvalue weighted by molar-refractivity contribution is 0.270. The summed E-state index contributed by atoms with van der Waals surface area (Å²) in [7, 11) is 0. The van der Waals surface area contributed by atoms with Crippen molar-refractivity contribution in [3.05, 3.63) is 27.0 Å². The van der Waals surface area contributed by atoms with Crippen LogP contribution in [0, 0.1) is 0 Å². The number of hydrogen-bond donors (Lipinski definition) is 2. The van der Waals surface area contributed by atoms with Crippen molar-refractivity contribution >= 4 is 5.69 Å². The van der Waals surface area contributed by atoms with Crippen LogP contribution < -0.4 is 17.0 Å². The average molecular weight is 213 g/mol. The molecule has 0 atom stereocenters. The molecule has 0 unspecified atom stereocenters. The summed E-state index contributed by atoms with van der Waals surface area (Å²) in [6, 6.07) is 0. The number of aromatic nitrogens is 2. The fraction of sp³-hybridized carbons (Fsp3) is 0.556. The number of nitrogens with two attached hydrogens (primary N) is 1. The number of anilines is 1. The van der Waals surface area contributed by atoms with Gasteiger partial charge in [-0.1, -0.05) is 6.92 Å². The van der Waals surface area contributed by atoms with E-state index in [9.17, 15) is 9.59 Å². The van der Waals surface area contributed by atoms with Crippen molar-refractivity contribution in [3.8, 4) is 0 Å². The molecule has 1 aromatic heterocycles. The van der Waals surface area contributed by atoms with Crippen molar-refractivity contribution in [2.45, 2.75) is 26.4 Å². The first-order valence-electron chi connectivity index (χ1n) is 4.82. The quantitative estimate of drug-likeness (QED) is 0.670. The van der Waals surface area contributed by atoms with E-state index in [1.165, 1.54) is 10.8 Å². The Morgan fingerprint density at radius 1 is 1.40 bits per heavy atom. The molecule has 0 saturated carbocycles. The summed E-state index contributed by atoms with van der Waals surface area (Å²) >= 11 is 0. The number of hydrogen-bond acceptors (Lipinski definition) is 4. The van der Waals surface area contributed by atoms with Crippen LogP contribution in [0.1, 0.15) is 13.3 Å². The molecule has 0 aliphatic heterocycles. The van der Waals surface area contributed by atoms with Crippen LogP contribution in [0.2, 0.25) is 0 Å². The van der Waals surface area contributed by atoms with E-state index < -0.39 is 11.2 Å². The molecule has 0 bridgehead atoms. The molecular weight excluding hydrogens is 198 g/mol. The molecule has 0 aliphatic carbocycles. The smallest absolute Gasteiger partial charge is 0.331 e. The Balaban J connectivity index is 3.35. The molecule has 15 heavy (non-hydrogen) atoms. The van der Waals surface area contributed by atoms with Crippen LogP contribution in [0.5, 0.6) is 0 Å². The second kappa shape index (κ2) is 4.79. The van der Waals surface area contributed by atoms with E-state index in [0.717, 1.165) is 11.0 Å². The minimum Gasteiger partial charge on any atom is -0.395 e. The Morgan fingerprint density at radius 2 is 2.07 bits per heavy atom. The molecule has 0 spiro atoms. The predicted octanol–water partition coefficient (Wildman–Crippen LogP) is -1.01. The van der Waals surface area contributed by atoms with E-state index in [2.05, 4.69) is 0 Å². The molecular formula is C9H15N3O3. The van der Waals surface area contributed by atoms with Gasteiger partial charge in [0.25, 0.3) is 5.56 Å². The SMILES string of the molecule is CCCn1cc(N)c(=O)n(CCO)c1=O. The minimum absolute atomic E-state index is 0.0214. The number of aliphatic hydroxyl groups is 1. The molecule has 0 radical (unpaired) electrons. The van der Waals surface area contributed by atoms with Crippen molar-refractivity contribution in [1.29, 1.82) is 0 Å². The second-order valence-electron chi connectivity index (χ2n) is 3.24. The van der Waals surface area contributed by atoms with E-state index in [1.807, 2.05) is 6.92 Å². The Hall–Kier alpha value is -1.56. The van der Waals surface area contributed by atoms with Gasteiger partial charge in [0.2, 0.25) is 0 Å². The normalized spacial score (nSPS) is 10.5. The Labute approximate surface area is 86.6 Å². The zero-order valence-corrected chi connectivity index (χ0v) is 8.64. The van der Waals surface area contributed by atoms with E-state index in [4.69, 9.17) is 10.8 Å². The van der Waals surface area contributed by atoms with Crippen LogP contribution in [0.4, 0.5) is 5.69 Å². The molecule has 0 saturated heterocycles. The van der Waals surface area contributed by atoms with Crippen molar-refractivity contribution in [2.24, 2.45) is 0 Å². The third-order valence-electron chi connectivity index (χ3n) is 2.05. The van der Waals surface area contributed by atoms with Gasteiger partial charge in [-0.05, 0) is 6.42 Å². The van der Waals surface area contributed by atoms with Crippen molar-refractivity contribution < 1.29 is 5.11 Å². The number of nitrogen functional groups attached to an aromatic ring is 1. The molecule has 6 heteroatoms. The molecule has 84 valence electrons. The zero-order valence-electron chi connectivity index (χ0n) is 8.64. The molecule has 1 rings (SSSR count). The van der Waals surface area contributed by atoms with Crippen LogP contribution in [-0.2, 0) is 13.1 Å². The summed E-state index contributed by atoms with van der Waals surface area (Å²) in [6.45, 7) is 2.15. The maximum Gasteiger partial charge on any atom is 0.331 e. The topological polar surface area (TPSA) is 90.2 Å². The van der Waals surface area contributed by atoms with Crippen LogP contribution in [-0.4, -0.2) is 20.8 Å². The van der Waals surface area contributed by atoms with E-state index >= 15 is 0 Å². The fourth-order valence-corrected chi connectivity index (χ4v) is 1.37. The highest BCUT2D eigenvalue weighted by Crippen LogP contribution is 1.91. The molecule has 0 aromatic carbocycles. The van der Waals surface area contributed by atoms with Gasteiger partial charge < -0.3 is 10.8 Å². The van der Waals surface area contributed by atoms with Gasteiger partial charge in [0.15, 0.2) is 0 Å². The van der Waals surface area contributed by atoms with Gasteiger partial charge in [-0.2, -0.15) is 0 Å². The number of nitrogens with zero attached hydrogens (tertiary/aromatic N) is 2. The summed E-state index contributed by atoms with van der Waals surface area (Å²) in [5.74, 6) is 0. The summed E-state index contributed by atoms with van der Waals surface area (Å²) < 4.78 is 2.33. The van der Waals surface area contributed by atoms with Crippen LogP contribution >= 0.6 is 0 Å². The van der Waals surface area contributed by atoms with E-state index in [0.29, 0.717) is 6.54 Å². The average Bonchev–Trinajstić information content (AvgIpc) is 2.21. The molecule has 0 aliphatic rings.